The molecule has 0 aliphatic heterocycles. The van der Waals surface area contributed by atoms with E-state index in [4.69, 9.17) is 10.00 Å². The Morgan fingerprint density at radius 1 is 1.57 bits per heavy atom. The van der Waals surface area contributed by atoms with Crippen LogP contribution in [-0.4, -0.2) is 36.1 Å². The molecule has 0 radical (unpaired) electrons. The predicted octanol–water partition coefficient (Wildman–Crippen LogP) is 1.14. The number of anilines is 1. The van der Waals surface area contributed by atoms with Crippen LogP contribution in [0.4, 0.5) is 5.69 Å². The average Bonchev–Trinajstić information content (AvgIpc) is 2.95. The minimum Gasteiger partial charge on any atom is -0.383 e. The summed E-state index contributed by atoms with van der Waals surface area (Å²) in [4.78, 5) is 18.8. The van der Waals surface area contributed by atoms with Crippen molar-refractivity contribution in [1.29, 1.82) is 5.26 Å². The summed E-state index contributed by atoms with van der Waals surface area (Å²) >= 11 is 0. The first-order valence-corrected chi connectivity index (χ1v) is 6.31. The lowest BCUT2D eigenvalue weighted by Gasteiger charge is -2.04. The maximum Gasteiger partial charge on any atom is 0.263 e. The van der Waals surface area contributed by atoms with E-state index >= 15 is 0 Å². The van der Waals surface area contributed by atoms with Gasteiger partial charge in [0.25, 0.3) is 5.91 Å². The summed E-state index contributed by atoms with van der Waals surface area (Å²) in [6.07, 6.45) is 2.98. The van der Waals surface area contributed by atoms with Crippen molar-refractivity contribution in [2.24, 2.45) is 0 Å². The molecular weight excluding hydrogens is 270 g/mol. The minimum atomic E-state index is -0.440. The molecule has 2 aromatic rings. The third kappa shape index (κ3) is 3.81. The topological polar surface area (TPSA) is 103 Å². The average molecular weight is 285 g/mol. The maximum atomic E-state index is 11.7. The number of hydrogen-bond donors (Lipinski definition) is 3. The van der Waals surface area contributed by atoms with Crippen molar-refractivity contribution in [2.75, 3.05) is 25.6 Å². The monoisotopic (exact) mass is 285 g/mol. The molecule has 1 aromatic carbocycles. The second-order valence-corrected chi connectivity index (χ2v) is 4.20. The standard InChI is InChI=1S/C14H15N5O2/c1-21-5-4-16-14(20)10(7-15)8-17-11-2-3-12-13(6-11)19-9-18-12/h2-3,6,8-9,17H,4-5H2,1H3,(H,16,20)(H,18,19)/b10-8-. The first-order chi connectivity index (χ1) is 10.2. The van der Waals surface area contributed by atoms with Gasteiger partial charge in [0.05, 0.1) is 24.0 Å². The summed E-state index contributed by atoms with van der Waals surface area (Å²) in [6, 6.07) is 7.36. The quantitative estimate of drug-likeness (QED) is 0.419. The first-order valence-electron chi connectivity index (χ1n) is 6.31. The summed E-state index contributed by atoms with van der Waals surface area (Å²) in [5.41, 5.74) is 2.47. The van der Waals surface area contributed by atoms with Crippen LogP contribution in [0.15, 0.2) is 36.3 Å². The van der Waals surface area contributed by atoms with Gasteiger partial charge in [0.2, 0.25) is 0 Å². The Hall–Kier alpha value is -2.85. The number of nitrogens with zero attached hydrogens (tertiary/aromatic N) is 2. The van der Waals surface area contributed by atoms with E-state index in [1.54, 1.807) is 13.4 Å². The normalized spacial score (nSPS) is 11.1. The van der Waals surface area contributed by atoms with E-state index in [0.717, 1.165) is 16.7 Å². The number of amides is 1. The van der Waals surface area contributed by atoms with E-state index in [9.17, 15) is 4.79 Å². The van der Waals surface area contributed by atoms with Crippen LogP contribution in [-0.2, 0) is 9.53 Å². The largest absolute Gasteiger partial charge is 0.383 e. The van der Waals surface area contributed by atoms with Crippen LogP contribution in [0, 0.1) is 11.3 Å². The molecule has 0 spiro atoms. The summed E-state index contributed by atoms with van der Waals surface area (Å²) < 4.78 is 4.83. The Kier molecular flexibility index (Phi) is 4.90. The van der Waals surface area contributed by atoms with Gasteiger partial charge in [-0.05, 0) is 18.2 Å². The van der Waals surface area contributed by atoms with E-state index in [2.05, 4.69) is 20.6 Å². The van der Waals surface area contributed by atoms with E-state index in [1.807, 2.05) is 24.3 Å². The Labute approximate surface area is 121 Å². The minimum absolute atomic E-state index is 0.00388. The molecule has 0 aliphatic carbocycles. The number of methoxy groups -OCH3 is 1. The molecule has 1 heterocycles. The highest BCUT2D eigenvalue weighted by molar-refractivity contribution is 5.97. The Morgan fingerprint density at radius 3 is 3.19 bits per heavy atom. The zero-order valence-corrected chi connectivity index (χ0v) is 11.5. The van der Waals surface area contributed by atoms with Crippen LogP contribution in [0.1, 0.15) is 0 Å². The number of aromatic amines is 1. The number of rotatable bonds is 6. The van der Waals surface area contributed by atoms with E-state index in [-0.39, 0.29) is 5.57 Å². The molecule has 0 fully saturated rings. The van der Waals surface area contributed by atoms with Gasteiger partial charge in [-0.2, -0.15) is 5.26 Å². The van der Waals surface area contributed by atoms with Gasteiger partial charge in [0.15, 0.2) is 0 Å². The smallest absolute Gasteiger partial charge is 0.263 e. The molecule has 1 aromatic heterocycles. The van der Waals surface area contributed by atoms with Gasteiger partial charge in [-0.25, -0.2) is 4.98 Å². The molecule has 3 N–H and O–H groups in total. The highest BCUT2D eigenvalue weighted by Gasteiger charge is 2.07. The number of nitrogens with one attached hydrogen (secondary N) is 3. The van der Waals surface area contributed by atoms with Crippen molar-refractivity contribution >= 4 is 22.6 Å². The number of H-pyrrole nitrogens is 1. The van der Waals surface area contributed by atoms with Crippen LogP contribution < -0.4 is 10.6 Å². The summed E-state index contributed by atoms with van der Waals surface area (Å²) in [7, 11) is 1.54. The number of carbonyl (C=O) groups excluding carboxylic acids is 1. The van der Waals surface area contributed by atoms with Gasteiger partial charge in [0, 0.05) is 25.5 Å². The number of ether oxygens (including phenoxy) is 1. The highest BCUT2D eigenvalue weighted by Crippen LogP contribution is 2.15. The molecule has 1 amide bonds. The zero-order valence-electron chi connectivity index (χ0n) is 11.5. The molecule has 0 bridgehead atoms. The number of carbonyl (C=O) groups is 1. The fourth-order valence-corrected chi connectivity index (χ4v) is 1.69. The first kappa shape index (κ1) is 14.6. The third-order valence-corrected chi connectivity index (χ3v) is 2.76. The van der Waals surface area contributed by atoms with Gasteiger partial charge in [-0.1, -0.05) is 0 Å². The lowest BCUT2D eigenvalue weighted by Crippen LogP contribution is -2.28. The van der Waals surface area contributed by atoms with Crippen molar-refractivity contribution < 1.29 is 9.53 Å². The second kappa shape index (κ2) is 7.07. The SMILES string of the molecule is COCCNC(=O)/C(C#N)=C\Nc1ccc2nc[nH]c2c1. The van der Waals surface area contributed by atoms with Crippen LogP contribution in [0.2, 0.25) is 0 Å². The van der Waals surface area contributed by atoms with Crippen LogP contribution in [0.5, 0.6) is 0 Å². The second-order valence-electron chi connectivity index (χ2n) is 4.20. The van der Waals surface area contributed by atoms with Crippen molar-refractivity contribution in [3.63, 3.8) is 0 Å². The van der Waals surface area contributed by atoms with Crippen molar-refractivity contribution in [1.82, 2.24) is 15.3 Å². The highest BCUT2D eigenvalue weighted by atomic mass is 16.5. The molecule has 21 heavy (non-hydrogen) atoms. The van der Waals surface area contributed by atoms with Crippen molar-refractivity contribution in [2.45, 2.75) is 0 Å². The molecule has 0 unspecified atom stereocenters. The molecule has 2 rings (SSSR count). The molecule has 0 saturated carbocycles. The van der Waals surface area contributed by atoms with Crippen LogP contribution in [0.3, 0.4) is 0 Å². The predicted molar refractivity (Wildman–Crippen MR) is 78.3 cm³/mol. The molecule has 0 saturated heterocycles. The van der Waals surface area contributed by atoms with Crippen LogP contribution >= 0.6 is 0 Å². The molecule has 0 aliphatic rings. The number of nitriles is 1. The third-order valence-electron chi connectivity index (χ3n) is 2.76. The molecule has 108 valence electrons. The number of benzene rings is 1. The lowest BCUT2D eigenvalue weighted by molar-refractivity contribution is -0.117. The number of imidazole rings is 1. The Bertz CT molecular complexity index is 699. The van der Waals surface area contributed by atoms with Crippen molar-refractivity contribution in [3.8, 4) is 6.07 Å². The van der Waals surface area contributed by atoms with Gasteiger partial charge in [-0.15, -0.1) is 0 Å². The zero-order chi connectivity index (χ0) is 15.1. The lowest BCUT2D eigenvalue weighted by atomic mass is 10.2. The molecule has 7 heteroatoms. The summed E-state index contributed by atoms with van der Waals surface area (Å²) in [5, 5.41) is 14.5. The van der Waals surface area contributed by atoms with E-state index in [1.165, 1.54) is 6.20 Å². The van der Waals surface area contributed by atoms with Gasteiger partial charge >= 0.3 is 0 Å². The number of fused-ring (bicyclic) bond motifs is 1. The summed E-state index contributed by atoms with van der Waals surface area (Å²) in [6.45, 7) is 0.753. The molecule has 0 atom stereocenters. The van der Waals surface area contributed by atoms with E-state index < -0.39 is 5.91 Å². The maximum absolute atomic E-state index is 11.7. The van der Waals surface area contributed by atoms with Gasteiger partial charge in [0.1, 0.15) is 11.6 Å². The van der Waals surface area contributed by atoms with Crippen LogP contribution in [0.25, 0.3) is 11.0 Å². The molecular formula is C14H15N5O2. The van der Waals surface area contributed by atoms with Gasteiger partial charge in [-0.3, -0.25) is 4.79 Å². The number of hydrogen-bond acceptors (Lipinski definition) is 5. The van der Waals surface area contributed by atoms with Gasteiger partial charge < -0.3 is 20.4 Å². The number of aromatic nitrogens is 2. The fourth-order valence-electron chi connectivity index (χ4n) is 1.69. The Balaban J connectivity index is 2.03. The summed E-state index contributed by atoms with van der Waals surface area (Å²) in [5.74, 6) is -0.440. The Morgan fingerprint density at radius 2 is 2.43 bits per heavy atom. The van der Waals surface area contributed by atoms with Crippen molar-refractivity contribution in [3.05, 3.63) is 36.3 Å². The van der Waals surface area contributed by atoms with E-state index in [0.29, 0.717) is 13.2 Å². The fraction of sp³-hybridized carbons (Fsp3) is 0.214. The molecule has 7 nitrogen and oxygen atoms in total.